The van der Waals surface area contributed by atoms with Gasteiger partial charge in [0.25, 0.3) is 0 Å². The summed E-state index contributed by atoms with van der Waals surface area (Å²) >= 11 is 6.15. The van der Waals surface area contributed by atoms with Gasteiger partial charge in [-0.05, 0) is 78.3 Å². The number of nitrogens with zero attached hydrogens (tertiary/aromatic N) is 1. The van der Waals surface area contributed by atoms with Gasteiger partial charge in [-0.3, -0.25) is 4.79 Å². The Morgan fingerprint density at radius 3 is 2.12 bits per heavy atom. The molecule has 9 nitrogen and oxygen atoms in total. The topological polar surface area (TPSA) is 120 Å². The van der Waals surface area contributed by atoms with E-state index in [4.69, 9.17) is 21.1 Å². The monoisotopic (exact) mass is 773 g/mol. The molecule has 0 radical (unpaired) electrons. The lowest BCUT2D eigenvalue weighted by molar-refractivity contribution is -0.264. The number of Topliss-reactive ketones (excluding diaryl/α,β-unsaturated/α-hetero) is 1. The number of anilines is 1. The summed E-state index contributed by atoms with van der Waals surface area (Å²) in [5, 5.41) is 27.8. The van der Waals surface area contributed by atoms with Crippen molar-refractivity contribution in [2.24, 2.45) is 0 Å². The minimum absolute atomic E-state index is 0.0631. The van der Waals surface area contributed by atoms with Crippen molar-refractivity contribution < 1.29 is 29.3 Å². The van der Waals surface area contributed by atoms with E-state index in [1.54, 1.807) is 6.07 Å². The lowest BCUT2D eigenvalue weighted by Gasteiger charge is -2.46. The van der Waals surface area contributed by atoms with Crippen LogP contribution in [0, 0.1) is 0 Å². The first-order valence-corrected chi connectivity index (χ1v) is 19.5. The molecule has 2 fully saturated rings. The summed E-state index contributed by atoms with van der Waals surface area (Å²) in [6, 6.07) is 41.3. The first kappa shape index (κ1) is 39.4. The molecule has 2 saturated heterocycles. The normalized spacial score (nSPS) is 21.5. The van der Waals surface area contributed by atoms with Gasteiger partial charge in [0.05, 0.1) is 30.5 Å². The van der Waals surface area contributed by atoms with Crippen molar-refractivity contribution in [2.75, 3.05) is 25.0 Å². The number of nitrogens with one attached hydrogen (secondary N) is 2. The third kappa shape index (κ3) is 9.56. The fraction of sp³-hybridized carbons (Fsp3) is 0.304. The molecule has 2 aliphatic rings. The molecular weight excluding hydrogens is 726 g/mol. The van der Waals surface area contributed by atoms with Gasteiger partial charge in [0.2, 0.25) is 0 Å². The van der Waals surface area contributed by atoms with Gasteiger partial charge in [-0.25, -0.2) is 4.79 Å². The Labute approximate surface area is 333 Å². The second-order valence-electron chi connectivity index (χ2n) is 14.8. The number of aliphatic hydroxyl groups is 2. The molecule has 0 spiro atoms. The van der Waals surface area contributed by atoms with Crippen molar-refractivity contribution in [2.45, 2.75) is 68.9 Å². The standard InChI is InChI=1S/C46H48ClN3O6/c1-31(52)40(27-32-9-4-2-5-10-32)49-45(53)48-39-14-8-13-36(28-39)44-55-41(29-50-25-23-46(54,24-26-50)37-19-21-38(47)22-20-37)42(34-11-6-3-7-12-34)43(56-44)35-17-15-33(30-51)16-18-35/h2-22,28,40-44,51,54H,23-27,29-30H2,1H3,(H2,48,49,53)/t40-,41-,42-,43+,44?/m1/s1. The molecule has 0 aromatic heterocycles. The zero-order valence-electron chi connectivity index (χ0n) is 31.4. The van der Waals surface area contributed by atoms with Crippen LogP contribution in [0.4, 0.5) is 10.5 Å². The Kier molecular flexibility index (Phi) is 12.6. The van der Waals surface area contributed by atoms with Crippen LogP contribution in [0.3, 0.4) is 0 Å². The molecular formula is C46H48ClN3O6. The summed E-state index contributed by atoms with van der Waals surface area (Å²) in [7, 11) is 0. The number of benzene rings is 5. The van der Waals surface area contributed by atoms with E-state index in [-0.39, 0.29) is 24.4 Å². The fourth-order valence-electron chi connectivity index (χ4n) is 7.81. The van der Waals surface area contributed by atoms with Crippen molar-refractivity contribution in [1.29, 1.82) is 0 Å². The van der Waals surface area contributed by atoms with Gasteiger partial charge >= 0.3 is 6.03 Å². The average Bonchev–Trinajstić information content (AvgIpc) is 3.22. The van der Waals surface area contributed by atoms with Crippen LogP contribution in [0.5, 0.6) is 0 Å². The van der Waals surface area contributed by atoms with Crippen LogP contribution in [0.15, 0.2) is 133 Å². The molecule has 2 heterocycles. The summed E-state index contributed by atoms with van der Waals surface area (Å²) in [6.45, 7) is 3.34. The number of carbonyl (C=O) groups is 2. The number of amides is 2. The van der Waals surface area contributed by atoms with Crippen LogP contribution >= 0.6 is 11.6 Å². The predicted molar refractivity (Wildman–Crippen MR) is 217 cm³/mol. The number of rotatable bonds is 12. The van der Waals surface area contributed by atoms with Crippen molar-refractivity contribution in [3.63, 3.8) is 0 Å². The molecule has 10 heteroatoms. The predicted octanol–water partition coefficient (Wildman–Crippen LogP) is 8.08. The molecule has 5 atom stereocenters. The van der Waals surface area contributed by atoms with Gasteiger partial charge in [-0.2, -0.15) is 0 Å². The third-order valence-electron chi connectivity index (χ3n) is 11.0. The van der Waals surface area contributed by atoms with Crippen molar-refractivity contribution in [3.05, 3.63) is 172 Å². The maximum absolute atomic E-state index is 13.2. The number of aliphatic hydroxyl groups excluding tert-OH is 1. The molecule has 2 aliphatic heterocycles. The zero-order chi connectivity index (χ0) is 39.1. The van der Waals surface area contributed by atoms with Crippen LogP contribution in [0.2, 0.25) is 5.02 Å². The number of ketones is 1. The van der Waals surface area contributed by atoms with Crippen molar-refractivity contribution in [1.82, 2.24) is 10.2 Å². The minimum atomic E-state index is -0.943. The second-order valence-corrected chi connectivity index (χ2v) is 15.3. The van der Waals surface area contributed by atoms with E-state index in [0.29, 0.717) is 49.6 Å². The zero-order valence-corrected chi connectivity index (χ0v) is 32.1. The van der Waals surface area contributed by atoms with Crippen LogP contribution in [-0.4, -0.2) is 58.7 Å². The van der Waals surface area contributed by atoms with Crippen molar-refractivity contribution >= 4 is 29.1 Å². The highest BCUT2D eigenvalue weighted by Crippen LogP contribution is 2.47. The number of hydrogen-bond acceptors (Lipinski definition) is 7. The average molecular weight is 774 g/mol. The molecule has 0 bridgehead atoms. The highest BCUT2D eigenvalue weighted by molar-refractivity contribution is 6.30. The van der Waals surface area contributed by atoms with Crippen molar-refractivity contribution in [3.8, 4) is 0 Å². The van der Waals surface area contributed by atoms with Crippen LogP contribution < -0.4 is 10.6 Å². The maximum Gasteiger partial charge on any atom is 0.319 e. The number of urea groups is 1. The Morgan fingerprint density at radius 1 is 0.804 bits per heavy atom. The van der Waals surface area contributed by atoms with Crippen LogP contribution in [0.25, 0.3) is 0 Å². The highest BCUT2D eigenvalue weighted by Gasteiger charge is 2.44. The van der Waals surface area contributed by atoms with Gasteiger partial charge in [0.15, 0.2) is 12.1 Å². The first-order chi connectivity index (χ1) is 27.2. The summed E-state index contributed by atoms with van der Waals surface area (Å²) in [4.78, 5) is 28.1. The number of ether oxygens (including phenoxy) is 2. The molecule has 1 unspecified atom stereocenters. The van der Waals surface area contributed by atoms with Gasteiger partial charge in [-0.15, -0.1) is 0 Å². The summed E-state index contributed by atoms with van der Waals surface area (Å²) < 4.78 is 13.9. The smallest absolute Gasteiger partial charge is 0.319 e. The Balaban J connectivity index is 1.14. The fourth-order valence-corrected chi connectivity index (χ4v) is 7.93. The number of likely N-dealkylation sites (tertiary alicyclic amines) is 1. The SMILES string of the molecule is CC(=O)[C@@H](Cc1ccccc1)NC(=O)Nc1cccc(C2O[C@H](CN3CCC(O)(c4ccc(Cl)cc4)CC3)[C@@H](c3ccccc3)[C@H](c3ccc(CO)cc3)O2)c1. The number of piperidine rings is 1. The lowest BCUT2D eigenvalue weighted by Crippen LogP contribution is -2.49. The van der Waals surface area contributed by atoms with E-state index in [1.807, 2.05) is 115 Å². The van der Waals surface area contributed by atoms with E-state index < -0.39 is 30.1 Å². The number of carbonyl (C=O) groups excluding carboxylic acids is 2. The van der Waals surface area contributed by atoms with E-state index in [2.05, 4.69) is 27.7 Å². The van der Waals surface area contributed by atoms with Crippen LogP contribution in [-0.2, 0) is 32.9 Å². The minimum Gasteiger partial charge on any atom is -0.392 e. The van der Waals surface area contributed by atoms with E-state index in [0.717, 1.165) is 33.4 Å². The molecule has 290 valence electrons. The number of halogens is 1. The molecule has 7 rings (SSSR count). The Hall–Kier alpha value is -4.87. The second kappa shape index (κ2) is 17.9. The Bertz CT molecular complexity index is 2060. The molecule has 4 N–H and O–H groups in total. The maximum atomic E-state index is 13.2. The molecule has 0 saturated carbocycles. The van der Waals surface area contributed by atoms with E-state index >= 15 is 0 Å². The molecule has 2 amide bonds. The third-order valence-corrected chi connectivity index (χ3v) is 11.2. The van der Waals surface area contributed by atoms with E-state index in [9.17, 15) is 19.8 Å². The Morgan fingerprint density at radius 2 is 1.46 bits per heavy atom. The molecule has 56 heavy (non-hydrogen) atoms. The largest absolute Gasteiger partial charge is 0.392 e. The van der Waals surface area contributed by atoms with Crippen LogP contribution in [0.1, 0.15) is 71.5 Å². The summed E-state index contributed by atoms with van der Waals surface area (Å²) in [5.41, 5.74) is 4.95. The first-order valence-electron chi connectivity index (χ1n) is 19.2. The van der Waals surface area contributed by atoms with Gasteiger partial charge < -0.3 is 35.2 Å². The molecule has 5 aromatic rings. The number of hydrogen-bond donors (Lipinski definition) is 4. The quantitative estimate of drug-likeness (QED) is 0.101. The van der Waals surface area contributed by atoms with Gasteiger partial charge in [0, 0.05) is 41.8 Å². The molecule has 5 aromatic carbocycles. The summed E-state index contributed by atoms with van der Waals surface area (Å²) in [5.74, 6) is -0.327. The lowest BCUT2D eigenvalue weighted by atomic mass is 9.81. The van der Waals surface area contributed by atoms with Gasteiger partial charge in [-0.1, -0.05) is 121 Å². The van der Waals surface area contributed by atoms with Gasteiger partial charge in [0.1, 0.15) is 0 Å². The molecule has 0 aliphatic carbocycles. The van der Waals surface area contributed by atoms with E-state index in [1.165, 1.54) is 6.92 Å². The summed E-state index contributed by atoms with van der Waals surface area (Å²) in [6.07, 6.45) is -0.0148. The highest BCUT2D eigenvalue weighted by atomic mass is 35.5.